The zero-order chi connectivity index (χ0) is 14.7. The first kappa shape index (κ1) is 14.1. The number of ether oxygens (including phenoxy) is 2. The molecule has 0 saturated carbocycles. The van der Waals surface area contributed by atoms with Gasteiger partial charge >= 0.3 is 0 Å². The predicted molar refractivity (Wildman–Crippen MR) is 81.7 cm³/mol. The Morgan fingerprint density at radius 3 is 2.95 bits per heavy atom. The van der Waals surface area contributed by atoms with Gasteiger partial charge in [0.25, 0.3) is 0 Å². The van der Waals surface area contributed by atoms with Crippen molar-refractivity contribution in [3.8, 4) is 11.6 Å². The largest absolute Gasteiger partial charge is 0.492 e. The zero-order valence-corrected chi connectivity index (χ0v) is 13.2. The minimum Gasteiger partial charge on any atom is -0.492 e. The van der Waals surface area contributed by atoms with Crippen LogP contribution in [0.1, 0.15) is 0 Å². The fraction of sp³-hybridized carbons (Fsp3) is 0.357. The fourth-order valence-electron chi connectivity index (χ4n) is 2.12. The molecule has 6 nitrogen and oxygen atoms in total. The van der Waals surface area contributed by atoms with Crippen LogP contribution in [0.4, 0.5) is 5.95 Å². The van der Waals surface area contributed by atoms with E-state index in [1.165, 1.54) is 0 Å². The number of nitrogens with zero attached hydrogens (tertiary/aromatic N) is 4. The van der Waals surface area contributed by atoms with Crippen LogP contribution in [0.2, 0.25) is 0 Å². The molecule has 0 spiro atoms. The molecule has 1 fully saturated rings. The summed E-state index contributed by atoms with van der Waals surface area (Å²) >= 11 is 3.35. The molecular weight excluding hydrogens is 336 g/mol. The van der Waals surface area contributed by atoms with Crippen molar-refractivity contribution in [1.82, 2.24) is 15.0 Å². The Bertz CT molecular complexity index is 605. The van der Waals surface area contributed by atoms with Gasteiger partial charge in [0.2, 0.25) is 11.8 Å². The highest BCUT2D eigenvalue weighted by molar-refractivity contribution is 9.10. The quantitative estimate of drug-likeness (QED) is 0.823. The number of anilines is 1. The van der Waals surface area contributed by atoms with E-state index >= 15 is 0 Å². The molecule has 0 N–H and O–H groups in total. The smallest absolute Gasteiger partial charge is 0.232 e. The van der Waals surface area contributed by atoms with E-state index in [0.29, 0.717) is 24.4 Å². The number of hydrogen-bond acceptors (Lipinski definition) is 6. The van der Waals surface area contributed by atoms with Crippen molar-refractivity contribution in [1.29, 1.82) is 0 Å². The molecule has 110 valence electrons. The van der Waals surface area contributed by atoms with Crippen molar-refractivity contribution in [3.05, 3.63) is 35.2 Å². The number of pyridine rings is 1. The summed E-state index contributed by atoms with van der Waals surface area (Å²) in [7, 11) is 1.59. The Morgan fingerprint density at radius 2 is 2.24 bits per heavy atom. The van der Waals surface area contributed by atoms with E-state index in [1.54, 1.807) is 25.7 Å². The van der Waals surface area contributed by atoms with Gasteiger partial charge in [-0.2, -0.15) is 4.98 Å². The fourth-order valence-corrected chi connectivity index (χ4v) is 2.48. The number of rotatable bonds is 5. The molecule has 0 bridgehead atoms. The van der Waals surface area contributed by atoms with Gasteiger partial charge in [-0.1, -0.05) is 0 Å². The number of hydrogen-bond donors (Lipinski definition) is 0. The van der Waals surface area contributed by atoms with Crippen LogP contribution in [0.25, 0.3) is 0 Å². The summed E-state index contributed by atoms with van der Waals surface area (Å²) in [5.74, 6) is 2.52. The van der Waals surface area contributed by atoms with Crippen LogP contribution in [0, 0.1) is 5.92 Å². The molecule has 3 rings (SSSR count). The van der Waals surface area contributed by atoms with Crippen molar-refractivity contribution < 1.29 is 9.47 Å². The van der Waals surface area contributed by atoms with Gasteiger partial charge in [-0.05, 0) is 28.1 Å². The Kier molecular flexibility index (Phi) is 4.19. The standard InChI is InChI=1S/C14H15BrN4O2/c1-20-13-12(15)6-17-14(18-13)19-7-10(8-19)9-21-11-3-2-4-16-5-11/h2-6,10H,7-9H2,1H3. The Labute approximate surface area is 131 Å². The average molecular weight is 351 g/mol. The first-order valence-corrected chi connectivity index (χ1v) is 7.40. The highest BCUT2D eigenvalue weighted by Gasteiger charge is 2.29. The summed E-state index contributed by atoms with van der Waals surface area (Å²) in [6.45, 7) is 2.44. The number of halogens is 1. The van der Waals surface area contributed by atoms with Gasteiger partial charge in [-0.3, -0.25) is 4.98 Å². The summed E-state index contributed by atoms with van der Waals surface area (Å²) in [5, 5.41) is 0. The molecule has 3 heterocycles. The topological polar surface area (TPSA) is 60.4 Å². The average Bonchev–Trinajstić information content (AvgIpc) is 2.48. The first-order valence-electron chi connectivity index (χ1n) is 6.60. The van der Waals surface area contributed by atoms with E-state index in [0.717, 1.165) is 23.3 Å². The predicted octanol–water partition coefficient (Wildman–Crippen LogP) is 2.16. The third-order valence-electron chi connectivity index (χ3n) is 3.25. The highest BCUT2D eigenvalue weighted by atomic mass is 79.9. The molecule has 0 atom stereocenters. The number of aromatic nitrogens is 3. The molecule has 0 amide bonds. The third-order valence-corrected chi connectivity index (χ3v) is 3.80. The van der Waals surface area contributed by atoms with E-state index in [4.69, 9.17) is 9.47 Å². The van der Waals surface area contributed by atoms with Gasteiger partial charge in [0.05, 0.1) is 30.6 Å². The molecule has 1 aliphatic rings. The lowest BCUT2D eigenvalue weighted by Gasteiger charge is -2.38. The molecule has 1 aliphatic heterocycles. The minimum atomic E-state index is 0.475. The van der Waals surface area contributed by atoms with E-state index in [-0.39, 0.29) is 0 Å². The molecule has 0 unspecified atom stereocenters. The maximum absolute atomic E-state index is 5.70. The molecule has 2 aromatic heterocycles. The normalized spacial score (nSPS) is 14.7. The van der Waals surface area contributed by atoms with Gasteiger partial charge in [0.15, 0.2) is 0 Å². The molecule has 2 aromatic rings. The van der Waals surface area contributed by atoms with Crippen LogP contribution in [-0.2, 0) is 0 Å². The second kappa shape index (κ2) is 6.26. The van der Waals surface area contributed by atoms with Crippen LogP contribution in [0.15, 0.2) is 35.2 Å². The maximum atomic E-state index is 5.70. The second-order valence-corrected chi connectivity index (χ2v) is 5.65. The lowest BCUT2D eigenvalue weighted by Crippen LogP contribution is -2.50. The van der Waals surface area contributed by atoms with E-state index in [2.05, 4.69) is 35.8 Å². The molecule has 0 aromatic carbocycles. The van der Waals surface area contributed by atoms with E-state index < -0.39 is 0 Å². The van der Waals surface area contributed by atoms with Crippen LogP contribution < -0.4 is 14.4 Å². The summed E-state index contributed by atoms with van der Waals surface area (Å²) in [6, 6.07) is 3.77. The molecule has 21 heavy (non-hydrogen) atoms. The van der Waals surface area contributed by atoms with Gasteiger partial charge in [-0.15, -0.1) is 0 Å². The lowest BCUT2D eigenvalue weighted by molar-refractivity contribution is 0.218. The Balaban J connectivity index is 1.51. The van der Waals surface area contributed by atoms with Crippen LogP contribution >= 0.6 is 15.9 Å². The second-order valence-electron chi connectivity index (χ2n) is 4.80. The van der Waals surface area contributed by atoms with Crippen molar-refractivity contribution in [2.75, 3.05) is 31.7 Å². The van der Waals surface area contributed by atoms with Crippen LogP contribution in [0.3, 0.4) is 0 Å². The first-order chi connectivity index (χ1) is 10.3. The zero-order valence-electron chi connectivity index (χ0n) is 11.6. The lowest BCUT2D eigenvalue weighted by atomic mass is 10.0. The van der Waals surface area contributed by atoms with Gasteiger partial charge < -0.3 is 14.4 Å². The Morgan fingerprint density at radius 1 is 1.38 bits per heavy atom. The summed E-state index contributed by atoms with van der Waals surface area (Å²) in [5.41, 5.74) is 0. The number of methoxy groups -OCH3 is 1. The maximum Gasteiger partial charge on any atom is 0.232 e. The molecular formula is C14H15BrN4O2. The monoisotopic (exact) mass is 350 g/mol. The Hall–Kier alpha value is -1.89. The van der Waals surface area contributed by atoms with Crippen molar-refractivity contribution in [2.24, 2.45) is 5.92 Å². The van der Waals surface area contributed by atoms with E-state index in [1.807, 2.05) is 12.1 Å². The molecule has 1 saturated heterocycles. The van der Waals surface area contributed by atoms with Crippen molar-refractivity contribution in [2.45, 2.75) is 0 Å². The van der Waals surface area contributed by atoms with Gasteiger partial charge in [-0.25, -0.2) is 4.98 Å². The van der Waals surface area contributed by atoms with Crippen LogP contribution in [-0.4, -0.2) is 41.8 Å². The summed E-state index contributed by atoms with van der Waals surface area (Å²) in [6.07, 6.45) is 5.16. The molecule has 0 aliphatic carbocycles. The van der Waals surface area contributed by atoms with E-state index in [9.17, 15) is 0 Å². The van der Waals surface area contributed by atoms with Crippen molar-refractivity contribution >= 4 is 21.9 Å². The van der Waals surface area contributed by atoms with Crippen molar-refractivity contribution in [3.63, 3.8) is 0 Å². The van der Waals surface area contributed by atoms with Gasteiger partial charge in [0, 0.05) is 25.2 Å². The van der Waals surface area contributed by atoms with Crippen LogP contribution in [0.5, 0.6) is 11.6 Å². The highest BCUT2D eigenvalue weighted by Crippen LogP contribution is 2.27. The molecule has 7 heteroatoms. The summed E-state index contributed by atoms with van der Waals surface area (Å²) in [4.78, 5) is 14.8. The molecule has 0 radical (unpaired) electrons. The third kappa shape index (κ3) is 3.24. The minimum absolute atomic E-state index is 0.475. The summed E-state index contributed by atoms with van der Waals surface area (Å²) < 4.78 is 11.6. The van der Waals surface area contributed by atoms with Gasteiger partial charge in [0.1, 0.15) is 5.75 Å². The SMILES string of the molecule is COc1nc(N2CC(COc3cccnc3)C2)ncc1Br.